The number of benzene rings is 3. The monoisotopic (exact) mass is 516 g/mol. The number of hydrogen-bond acceptors (Lipinski definition) is 7. The SMILES string of the molecule is CCOc1ccc(/C(O)=C2\C(=O)C(=O)N(c3ccc(OC)c(OC)c3)C2c2ccc(N(C)C)cc2)cc1C. The first-order chi connectivity index (χ1) is 18.2. The first-order valence-electron chi connectivity index (χ1n) is 12.3. The molecule has 1 heterocycles. The molecule has 1 fully saturated rings. The summed E-state index contributed by atoms with van der Waals surface area (Å²) in [6, 6.07) is 16.9. The minimum absolute atomic E-state index is 0.00551. The lowest BCUT2D eigenvalue weighted by atomic mass is 9.94. The van der Waals surface area contributed by atoms with E-state index in [2.05, 4.69) is 0 Å². The summed E-state index contributed by atoms with van der Waals surface area (Å²) in [7, 11) is 6.88. The Kier molecular flexibility index (Phi) is 7.62. The molecule has 0 saturated carbocycles. The topological polar surface area (TPSA) is 88.5 Å². The molecule has 0 radical (unpaired) electrons. The van der Waals surface area contributed by atoms with Crippen molar-refractivity contribution in [3.63, 3.8) is 0 Å². The van der Waals surface area contributed by atoms with Gasteiger partial charge in [0.15, 0.2) is 11.5 Å². The van der Waals surface area contributed by atoms with Crippen LogP contribution >= 0.6 is 0 Å². The molecule has 3 aromatic carbocycles. The molecule has 8 nitrogen and oxygen atoms in total. The van der Waals surface area contributed by atoms with E-state index in [4.69, 9.17) is 14.2 Å². The number of carbonyl (C=O) groups is 2. The molecule has 0 aromatic heterocycles. The van der Waals surface area contributed by atoms with Crippen molar-refractivity contribution in [2.24, 2.45) is 0 Å². The summed E-state index contributed by atoms with van der Waals surface area (Å²) in [4.78, 5) is 30.3. The molecule has 0 bridgehead atoms. The van der Waals surface area contributed by atoms with Crippen LogP contribution in [0.4, 0.5) is 11.4 Å². The number of ketones is 1. The van der Waals surface area contributed by atoms with Gasteiger partial charge in [-0.05, 0) is 67.4 Å². The fourth-order valence-corrected chi connectivity index (χ4v) is 4.61. The zero-order chi connectivity index (χ0) is 27.6. The quantitative estimate of drug-likeness (QED) is 0.253. The van der Waals surface area contributed by atoms with Crippen LogP contribution in [0.25, 0.3) is 5.76 Å². The van der Waals surface area contributed by atoms with Gasteiger partial charge in [0.2, 0.25) is 0 Å². The molecule has 4 rings (SSSR count). The Morgan fingerprint density at radius 3 is 2.16 bits per heavy atom. The molecule has 1 atom stereocenters. The highest BCUT2D eigenvalue weighted by molar-refractivity contribution is 6.51. The van der Waals surface area contributed by atoms with Gasteiger partial charge in [-0.2, -0.15) is 0 Å². The smallest absolute Gasteiger partial charge is 0.300 e. The molecule has 1 unspecified atom stereocenters. The molecule has 3 aromatic rings. The van der Waals surface area contributed by atoms with Crippen LogP contribution < -0.4 is 24.0 Å². The van der Waals surface area contributed by atoms with Crippen molar-refractivity contribution >= 4 is 28.8 Å². The molecule has 1 aliphatic rings. The van der Waals surface area contributed by atoms with Crippen LogP contribution in [-0.4, -0.2) is 51.7 Å². The predicted molar refractivity (Wildman–Crippen MR) is 147 cm³/mol. The van der Waals surface area contributed by atoms with E-state index in [0.29, 0.717) is 40.7 Å². The van der Waals surface area contributed by atoms with E-state index in [9.17, 15) is 14.7 Å². The lowest BCUT2D eigenvalue weighted by Gasteiger charge is -2.26. The van der Waals surface area contributed by atoms with Gasteiger partial charge in [0, 0.05) is 37.1 Å². The highest BCUT2D eigenvalue weighted by atomic mass is 16.5. The Bertz CT molecular complexity index is 1390. The van der Waals surface area contributed by atoms with Crippen LogP contribution in [0, 0.1) is 6.92 Å². The van der Waals surface area contributed by atoms with Gasteiger partial charge in [-0.25, -0.2) is 0 Å². The number of nitrogens with zero attached hydrogens (tertiary/aromatic N) is 2. The first kappa shape index (κ1) is 26.6. The van der Waals surface area contributed by atoms with Gasteiger partial charge >= 0.3 is 0 Å². The van der Waals surface area contributed by atoms with Crippen molar-refractivity contribution in [2.45, 2.75) is 19.9 Å². The lowest BCUT2D eigenvalue weighted by Crippen LogP contribution is -2.29. The van der Waals surface area contributed by atoms with Crippen molar-refractivity contribution in [1.29, 1.82) is 0 Å². The summed E-state index contributed by atoms with van der Waals surface area (Å²) in [5.74, 6) is -0.182. The van der Waals surface area contributed by atoms with Crippen molar-refractivity contribution in [1.82, 2.24) is 0 Å². The number of hydrogen-bond donors (Lipinski definition) is 1. The average Bonchev–Trinajstić information content (AvgIpc) is 3.19. The molecule has 8 heteroatoms. The van der Waals surface area contributed by atoms with Gasteiger partial charge in [-0.3, -0.25) is 14.5 Å². The third-order valence-electron chi connectivity index (χ3n) is 6.56. The van der Waals surface area contributed by atoms with Crippen LogP contribution in [-0.2, 0) is 9.59 Å². The maximum Gasteiger partial charge on any atom is 0.300 e. The van der Waals surface area contributed by atoms with E-state index in [-0.39, 0.29) is 11.3 Å². The normalized spacial score (nSPS) is 16.5. The van der Waals surface area contributed by atoms with Crippen molar-refractivity contribution in [3.05, 3.63) is 82.9 Å². The van der Waals surface area contributed by atoms with E-state index >= 15 is 0 Å². The highest BCUT2D eigenvalue weighted by Gasteiger charge is 2.47. The number of amides is 1. The van der Waals surface area contributed by atoms with E-state index in [1.807, 2.05) is 57.1 Å². The summed E-state index contributed by atoms with van der Waals surface area (Å²) >= 11 is 0. The number of rotatable bonds is 8. The average molecular weight is 517 g/mol. The predicted octanol–water partition coefficient (Wildman–Crippen LogP) is 5.10. The van der Waals surface area contributed by atoms with Crippen molar-refractivity contribution in [3.8, 4) is 17.2 Å². The van der Waals surface area contributed by atoms with Crippen LogP contribution in [0.1, 0.15) is 29.7 Å². The minimum atomic E-state index is -0.865. The number of methoxy groups -OCH3 is 2. The van der Waals surface area contributed by atoms with E-state index in [0.717, 1.165) is 11.3 Å². The number of aliphatic hydroxyl groups excluding tert-OH is 1. The van der Waals surface area contributed by atoms with Gasteiger partial charge in [-0.15, -0.1) is 0 Å². The molecule has 1 saturated heterocycles. The zero-order valence-electron chi connectivity index (χ0n) is 22.4. The van der Waals surface area contributed by atoms with E-state index in [1.165, 1.54) is 19.1 Å². The highest BCUT2D eigenvalue weighted by Crippen LogP contribution is 2.44. The van der Waals surface area contributed by atoms with Crippen molar-refractivity contribution < 1.29 is 28.9 Å². The molecule has 1 aliphatic heterocycles. The van der Waals surface area contributed by atoms with E-state index < -0.39 is 17.7 Å². The Morgan fingerprint density at radius 1 is 0.921 bits per heavy atom. The Morgan fingerprint density at radius 2 is 1.58 bits per heavy atom. The van der Waals surface area contributed by atoms with E-state index in [1.54, 1.807) is 36.4 Å². The second-order valence-corrected chi connectivity index (χ2v) is 9.11. The minimum Gasteiger partial charge on any atom is -0.507 e. The number of anilines is 2. The molecule has 1 N–H and O–H groups in total. The van der Waals surface area contributed by atoms with Gasteiger partial charge in [0.05, 0.1) is 32.4 Å². The molecule has 0 spiro atoms. The largest absolute Gasteiger partial charge is 0.507 e. The first-order valence-corrected chi connectivity index (χ1v) is 12.3. The molecule has 38 heavy (non-hydrogen) atoms. The summed E-state index contributed by atoms with van der Waals surface area (Å²) in [5.41, 5.74) is 3.30. The Labute approximate surface area is 222 Å². The number of carbonyl (C=O) groups excluding carboxylic acids is 2. The summed E-state index contributed by atoms with van der Waals surface area (Å²) in [6.07, 6.45) is 0. The van der Waals surface area contributed by atoms with Crippen LogP contribution in [0.2, 0.25) is 0 Å². The number of Topliss-reactive ketones (excluding diaryl/α,β-unsaturated/α-hetero) is 1. The maximum atomic E-state index is 13.5. The van der Waals surface area contributed by atoms with Gasteiger partial charge < -0.3 is 24.2 Å². The second kappa shape index (κ2) is 10.9. The maximum absolute atomic E-state index is 13.5. The Balaban J connectivity index is 1.92. The molecule has 198 valence electrons. The second-order valence-electron chi connectivity index (χ2n) is 9.11. The van der Waals surface area contributed by atoms with Gasteiger partial charge in [0.25, 0.3) is 11.7 Å². The summed E-state index contributed by atoms with van der Waals surface area (Å²) in [5, 5.41) is 11.5. The summed E-state index contributed by atoms with van der Waals surface area (Å²) < 4.78 is 16.4. The molecule has 1 amide bonds. The third kappa shape index (κ3) is 4.77. The fraction of sp³-hybridized carbons (Fsp3) is 0.267. The number of aliphatic hydroxyl groups is 1. The Hall–Kier alpha value is -4.46. The van der Waals surface area contributed by atoms with Gasteiger partial charge in [-0.1, -0.05) is 12.1 Å². The van der Waals surface area contributed by atoms with Gasteiger partial charge in [0.1, 0.15) is 11.5 Å². The molecular formula is C30H32N2O6. The molecule has 0 aliphatic carbocycles. The fourth-order valence-electron chi connectivity index (χ4n) is 4.61. The van der Waals surface area contributed by atoms with Crippen molar-refractivity contribution in [2.75, 3.05) is 44.7 Å². The molecular weight excluding hydrogens is 484 g/mol. The van der Waals surface area contributed by atoms with Crippen LogP contribution in [0.5, 0.6) is 17.2 Å². The third-order valence-corrected chi connectivity index (χ3v) is 6.56. The standard InChI is InChI=1S/C30H32N2O6/c1-7-38-23-14-10-20(16-18(23)2)28(33)26-27(19-8-11-21(12-9-19)31(3)4)32(30(35)29(26)34)22-13-15-24(36-5)25(17-22)37-6/h8-17,27,33H,7H2,1-6H3/b28-26+. The van der Waals surface area contributed by atoms with Crippen LogP contribution in [0.3, 0.4) is 0 Å². The number of aryl methyl sites for hydroxylation is 1. The lowest BCUT2D eigenvalue weighted by molar-refractivity contribution is -0.132. The number of ether oxygens (including phenoxy) is 3. The van der Waals surface area contributed by atoms with Crippen LogP contribution in [0.15, 0.2) is 66.2 Å². The zero-order valence-corrected chi connectivity index (χ0v) is 22.4. The summed E-state index contributed by atoms with van der Waals surface area (Å²) in [6.45, 7) is 4.26.